The lowest BCUT2D eigenvalue weighted by Gasteiger charge is -2.25. The second-order valence-electron chi connectivity index (χ2n) is 4.93. The molecular formula is C15H21NO2. The fourth-order valence-electron chi connectivity index (χ4n) is 2.52. The van der Waals surface area contributed by atoms with Crippen LogP contribution in [0.1, 0.15) is 38.2 Å². The van der Waals surface area contributed by atoms with Gasteiger partial charge in [0.2, 0.25) is 5.91 Å². The molecule has 1 N–H and O–H groups in total. The number of aliphatic hydroxyl groups excluding tert-OH is 1. The zero-order valence-corrected chi connectivity index (χ0v) is 10.9. The molecule has 3 nitrogen and oxygen atoms in total. The third-order valence-corrected chi connectivity index (χ3v) is 3.44. The van der Waals surface area contributed by atoms with Crippen molar-refractivity contribution in [3.8, 4) is 0 Å². The molecule has 1 aromatic rings. The number of β-amino-alcohol motifs (C(OH)–C–C–N with tert-alkyl or cyclic N) is 1. The number of rotatable bonds is 4. The summed E-state index contributed by atoms with van der Waals surface area (Å²) in [5, 5.41) is 9.94. The van der Waals surface area contributed by atoms with Crippen LogP contribution >= 0.6 is 0 Å². The maximum atomic E-state index is 12.1. The topological polar surface area (TPSA) is 40.5 Å². The van der Waals surface area contributed by atoms with Crippen LogP contribution in [-0.4, -0.2) is 23.7 Å². The van der Waals surface area contributed by atoms with Crippen molar-refractivity contribution in [1.82, 2.24) is 0 Å². The van der Waals surface area contributed by atoms with Gasteiger partial charge >= 0.3 is 0 Å². The summed E-state index contributed by atoms with van der Waals surface area (Å²) in [4.78, 5) is 13.9. The average Bonchev–Trinajstić information content (AvgIpc) is 2.51. The Morgan fingerprint density at radius 1 is 1.33 bits per heavy atom. The van der Waals surface area contributed by atoms with Crippen molar-refractivity contribution in [1.29, 1.82) is 0 Å². The third-order valence-electron chi connectivity index (χ3n) is 3.44. The van der Waals surface area contributed by atoms with Gasteiger partial charge < -0.3 is 10.0 Å². The number of hydrogen-bond donors (Lipinski definition) is 1. The van der Waals surface area contributed by atoms with Crippen molar-refractivity contribution in [2.24, 2.45) is 0 Å². The molecule has 0 fully saturated rings. The quantitative estimate of drug-likeness (QED) is 0.888. The minimum Gasteiger partial charge on any atom is -0.391 e. The van der Waals surface area contributed by atoms with Gasteiger partial charge in [0.1, 0.15) is 0 Å². The fraction of sp³-hybridized carbons (Fsp3) is 0.533. The van der Waals surface area contributed by atoms with Crippen LogP contribution in [0.15, 0.2) is 24.3 Å². The molecule has 3 heteroatoms. The molecule has 0 spiro atoms. The summed E-state index contributed by atoms with van der Waals surface area (Å²) in [6, 6.07) is 8.02. The van der Waals surface area contributed by atoms with Gasteiger partial charge in [0.05, 0.1) is 12.6 Å². The minimum absolute atomic E-state index is 0.134. The first-order chi connectivity index (χ1) is 8.72. The first-order valence-corrected chi connectivity index (χ1v) is 6.78. The lowest BCUT2D eigenvalue weighted by Crippen LogP contribution is -2.37. The maximum Gasteiger partial charge on any atom is 0.227 e. The standard InChI is InChI=1S/C15H21NO2/c1-2-6-13(17)11-16-14-9-4-3-7-12(14)8-5-10-15(16)18/h3-4,7,9,13,17H,2,5-6,8,10-11H2,1H3. The molecular weight excluding hydrogens is 226 g/mol. The Balaban J connectivity index is 2.22. The van der Waals surface area contributed by atoms with E-state index in [9.17, 15) is 9.90 Å². The van der Waals surface area contributed by atoms with Crippen LogP contribution < -0.4 is 4.90 Å². The van der Waals surface area contributed by atoms with E-state index in [1.54, 1.807) is 4.90 Å². The van der Waals surface area contributed by atoms with E-state index in [0.717, 1.165) is 31.4 Å². The number of carbonyl (C=O) groups excluding carboxylic acids is 1. The monoisotopic (exact) mass is 247 g/mol. The first-order valence-electron chi connectivity index (χ1n) is 6.78. The van der Waals surface area contributed by atoms with E-state index in [2.05, 4.69) is 6.07 Å². The molecule has 1 aliphatic heterocycles. The van der Waals surface area contributed by atoms with E-state index in [0.29, 0.717) is 13.0 Å². The van der Waals surface area contributed by atoms with Gasteiger partial charge in [-0.2, -0.15) is 0 Å². The summed E-state index contributed by atoms with van der Waals surface area (Å²) < 4.78 is 0. The van der Waals surface area contributed by atoms with Crippen LogP contribution in [0, 0.1) is 0 Å². The predicted molar refractivity (Wildman–Crippen MR) is 72.6 cm³/mol. The van der Waals surface area contributed by atoms with Crippen molar-refractivity contribution in [2.75, 3.05) is 11.4 Å². The molecule has 0 saturated carbocycles. The molecule has 18 heavy (non-hydrogen) atoms. The molecule has 1 heterocycles. The van der Waals surface area contributed by atoms with Crippen LogP contribution in [0.4, 0.5) is 5.69 Å². The molecule has 1 atom stereocenters. The number of amides is 1. The van der Waals surface area contributed by atoms with Gasteiger partial charge in [0, 0.05) is 12.1 Å². The molecule has 0 saturated heterocycles. The summed E-state index contributed by atoms with van der Waals surface area (Å²) in [7, 11) is 0. The van der Waals surface area contributed by atoms with Gasteiger partial charge in [-0.1, -0.05) is 31.5 Å². The summed E-state index contributed by atoms with van der Waals surface area (Å²) in [5.74, 6) is 0.134. The van der Waals surface area contributed by atoms with Crippen LogP contribution in [0.5, 0.6) is 0 Å². The highest BCUT2D eigenvalue weighted by Gasteiger charge is 2.23. The number of aliphatic hydroxyl groups is 1. The Hall–Kier alpha value is -1.35. The zero-order valence-electron chi connectivity index (χ0n) is 10.9. The molecule has 1 aliphatic rings. The van der Waals surface area contributed by atoms with Crippen LogP contribution in [0.2, 0.25) is 0 Å². The number of benzene rings is 1. The number of fused-ring (bicyclic) bond motifs is 1. The van der Waals surface area contributed by atoms with Crippen molar-refractivity contribution in [3.05, 3.63) is 29.8 Å². The molecule has 1 amide bonds. The molecule has 98 valence electrons. The smallest absolute Gasteiger partial charge is 0.227 e. The highest BCUT2D eigenvalue weighted by molar-refractivity contribution is 5.94. The Bertz CT molecular complexity index is 417. The Kier molecular flexibility index (Phi) is 4.37. The minimum atomic E-state index is -0.426. The second-order valence-corrected chi connectivity index (χ2v) is 4.93. The number of para-hydroxylation sites is 1. The molecule has 2 rings (SSSR count). The molecule has 0 bridgehead atoms. The van der Waals surface area contributed by atoms with Gasteiger partial charge in [-0.3, -0.25) is 4.79 Å². The Morgan fingerprint density at radius 2 is 2.11 bits per heavy atom. The normalized spacial score (nSPS) is 17.2. The van der Waals surface area contributed by atoms with E-state index in [1.807, 2.05) is 25.1 Å². The highest BCUT2D eigenvalue weighted by Crippen LogP contribution is 2.27. The van der Waals surface area contributed by atoms with Gasteiger partial charge in [0.25, 0.3) is 0 Å². The van der Waals surface area contributed by atoms with Crippen molar-refractivity contribution >= 4 is 11.6 Å². The number of aryl methyl sites for hydroxylation is 1. The van der Waals surface area contributed by atoms with Gasteiger partial charge in [0.15, 0.2) is 0 Å². The highest BCUT2D eigenvalue weighted by atomic mass is 16.3. The van der Waals surface area contributed by atoms with Crippen LogP contribution in [0.3, 0.4) is 0 Å². The molecule has 0 radical (unpaired) electrons. The van der Waals surface area contributed by atoms with Crippen molar-refractivity contribution in [2.45, 2.75) is 45.1 Å². The molecule has 1 unspecified atom stereocenters. The zero-order chi connectivity index (χ0) is 13.0. The number of hydrogen-bond acceptors (Lipinski definition) is 2. The van der Waals surface area contributed by atoms with E-state index in [4.69, 9.17) is 0 Å². The van der Waals surface area contributed by atoms with E-state index in [-0.39, 0.29) is 5.91 Å². The number of anilines is 1. The van der Waals surface area contributed by atoms with E-state index < -0.39 is 6.10 Å². The molecule has 0 aliphatic carbocycles. The molecule has 0 aromatic heterocycles. The van der Waals surface area contributed by atoms with Gasteiger partial charge in [-0.15, -0.1) is 0 Å². The van der Waals surface area contributed by atoms with Crippen LogP contribution in [0.25, 0.3) is 0 Å². The second kappa shape index (κ2) is 6.01. The predicted octanol–water partition coefficient (Wildman–Crippen LogP) is 2.52. The van der Waals surface area contributed by atoms with E-state index >= 15 is 0 Å². The maximum absolute atomic E-state index is 12.1. The summed E-state index contributed by atoms with van der Waals surface area (Å²) in [5.41, 5.74) is 2.20. The largest absolute Gasteiger partial charge is 0.391 e. The summed E-state index contributed by atoms with van der Waals surface area (Å²) in [6.07, 6.45) is 3.67. The first kappa shape index (κ1) is 13.1. The third kappa shape index (κ3) is 2.91. The fourth-order valence-corrected chi connectivity index (χ4v) is 2.52. The van der Waals surface area contributed by atoms with Gasteiger partial charge in [-0.05, 0) is 30.9 Å². The number of nitrogens with zero attached hydrogens (tertiary/aromatic N) is 1. The lowest BCUT2D eigenvalue weighted by atomic mass is 10.1. The van der Waals surface area contributed by atoms with Crippen molar-refractivity contribution in [3.63, 3.8) is 0 Å². The SMILES string of the molecule is CCCC(O)CN1C(=O)CCCc2ccccc21. The van der Waals surface area contributed by atoms with Gasteiger partial charge in [-0.25, -0.2) is 0 Å². The Labute approximate surface area is 108 Å². The summed E-state index contributed by atoms with van der Waals surface area (Å²) >= 11 is 0. The lowest BCUT2D eigenvalue weighted by molar-refractivity contribution is -0.118. The summed E-state index contributed by atoms with van der Waals surface area (Å²) in [6.45, 7) is 2.46. The van der Waals surface area contributed by atoms with E-state index in [1.165, 1.54) is 5.56 Å². The van der Waals surface area contributed by atoms with Crippen molar-refractivity contribution < 1.29 is 9.90 Å². The van der Waals surface area contributed by atoms with Crippen LogP contribution in [-0.2, 0) is 11.2 Å². The average molecular weight is 247 g/mol. The Morgan fingerprint density at radius 3 is 2.89 bits per heavy atom. The number of carbonyl (C=O) groups is 1. The molecule has 1 aromatic carbocycles.